The monoisotopic (exact) mass is 260 g/mol. The Morgan fingerprint density at radius 3 is 3.00 bits per heavy atom. The summed E-state index contributed by atoms with van der Waals surface area (Å²) in [7, 11) is 3.44. The second kappa shape index (κ2) is 4.62. The van der Waals surface area contributed by atoms with Crippen LogP contribution in [0.5, 0.6) is 0 Å². The first-order valence-corrected chi connectivity index (χ1v) is 6.35. The highest BCUT2D eigenvalue weighted by molar-refractivity contribution is 5.88. The number of esters is 1. The van der Waals surface area contributed by atoms with Crippen molar-refractivity contribution < 1.29 is 9.53 Å². The molecule has 6 nitrogen and oxygen atoms in total. The molecule has 1 unspecified atom stereocenters. The predicted molar refractivity (Wildman–Crippen MR) is 68.9 cm³/mol. The van der Waals surface area contributed by atoms with Gasteiger partial charge in [-0.05, 0) is 38.6 Å². The Hall–Kier alpha value is -1.95. The summed E-state index contributed by atoms with van der Waals surface area (Å²) in [6, 6.07) is 5.57. The van der Waals surface area contributed by atoms with E-state index in [0.717, 1.165) is 25.2 Å². The maximum absolute atomic E-state index is 11.7. The van der Waals surface area contributed by atoms with Gasteiger partial charge in [-0.25, -0.2) is 14.3 Å². The normalized spacial score (nSPS) is 20.0. The Morgan fingerprint density at radius 1 is 1.47 bits per heavy atom. The SMILES string of the molecule is COC(=O)c1cccc2nc(C3CCCN3C)nn12. The Morgan fingerprint density at radius 2 is 2.32 bits per heavy atom. The minimum absolute atomic E-state index is 0.241. The van der Waals surface area contributed by atoms with Crippen molar-refractivity contribution in [1.29, 1.82) is 0 Å². The summed E-state index contributed by atoms with van der Waals surface area (Å²) < 4.78 is 6.33. The van der Waals surface area contributed by atoms with Gasteiger partial charge in [0.1, 0.15) is 0 Å². The molecule has 0 saturated carbocycles. The molecule has 1 aliphatic heterocycles. The lowest BCUT2D eigenvalue weighted by Gasteiger charge is -2.15. The molecule has 1 aliphatic rings. The first-order chi connectivity index (χ1) is 9.20. The number of nitrogens with zero attached hydrogens (tertiary/aromatic N) is 4. The molecule has 6 heteroatoms. The maximum atomic E-state index is 11.7. The number of rotatable bonds is 2. The van der Waals surface area contributed by atoms with Gasteiger partial charge in [-0.1, -0.05) is 6.07 Å². The fourth-order valence-corrected chi connectivity index (χ4v) is 2.56. The molecule has 2 aromatic heterocycles. The molecule has 1 saturated heterocycles. The molecule has 0 bridgehead atoms. The molecular weight excluding hydrogens is 244 g/mol. The standard InChI is InChI=1S/C13H16N4O2/c1-16-8-4-6-9(16)12-14-11-7-3-5-10(13(18)19-2)17(11)15-12/h3,5,7,9H,4,6,8H2,1-2H3. The van der Waals surface area contributed by atoms with E-state index in [9.17, 15) is 4.79 Å². The summed E-state index contributed by atoms with van der Waals surface area (Å²) in [4.78, 5) is 18.5. The Labute approximate surface area is 111 Å². The highest BCUT2D eigenvalue weighted by Crippen LogP contribution is 2.28. The predicted octanol–water partition coefficient (Wildman–Crippen LogP) is 1.28. The zero-order valence-corrected chi connectivity index (χ0v) is 11.0. The Balaban J connectivity index is 2.07. The van der Waals surface area contributed by atoms with Crippen molar-refractivity contribution in [1.82, 2.24) is 19.5 Å². The molecule has 0 radical (unpaired) electrons. The van der Waals surface area contributed by atoms with E-state index in [4.69, 9.17) is 4.74 Å². The quantitative estimate of drug-likeness (QED) is 0.761. The zero-order chi connectivity index (χ0) is 13.4. The van der Waals surface area contributed by atoms with Crippen molar-refractivity contribution in [3.05, 3.63) is 29.7 Å². The summed E-state index contributed by atoms with van der Waals surface area (Å²) in [5.74, 6) is 0.373. The molecule has 0 spiro atoms. The molecule has 0 aliphatic carbocycles. The summed E-state index contributed by atoms with van der Waals surface area (Å²) in [5.41, 5.74) is 1.08. The van der Waals surface area contributed by atoms with Crippen LogP contribution in [-0.4, -0.2) is 46.2 Å². The van der Waals surface area contributed by atoms with Crippen LogP contribution in [0.4, 0.5) is 0 Å². The van der Waals surface area contributed by atoms with E-state index in [1.54, 1.807) is 16.6 Å². The number of hydrogen-bond donors (Lipinski definition) is 0. The van der Waals surface area contributed by atoms with Gasteiger partial charge in [0.25, 0.3) is 0 Å². The van der Waals surface area contributed by atoms with Crippen LogP contribution in [-0.2, 0) is 4.74 Å². The fraction of sp³-hybridized carbons (Fsp3) is 0.462. The van der Waals surface area contributed by atoms with E-state index in [1.165, 1.54) is 7.11 Å². The van der Waals surface area contributed by atoms with E-state index in [-0.39, 0.29) is 6.04 Å². The van der Waals surface area contributed by atoms with Crippen molar-refractivity contribution in [3.63, 3.8) is 0 Å². The van der Waals surface area contributed by atoms with Crippen molar-refractivity contribution >= 4 is 11.6 Å². The Kier molecular flexibility index (Phi) is 2.94. The molecule has 3 heterocycles. The van der Waals surface area contributed by atoms with E-state index in [2.05, 4.69) is 22.0 Å². The van der Waals surface area contributed by atoms with Gasteiger partial charge in [0.05, 0.1) is 13.2 Å². The van der Waals surface area contributed by atoms with Crippen molar-refractivity contribution in [2.24, 2.45) is 0 Å². The molecular formula is C13H16N4O2. The molecule has 1 fully saturated rings. The second-order valence-corrected chi connectivity index (χ2v) is 4.78. The van der Waals surface area contributed by atoms with Gasteiger partial charge < -0.3 is 4.74 Å². The van der Waals surface area contributed by atoms with Crippen LogP contribution in [0.2, 0.25) is 0 Å². The number of ether oxygens (including phenoxy) is 1. The number of likely N-dealkylation sites (tertiary alicyclic amines) is 1. The molecule has 19 heavy (non-hydrogen) atoms. The minimum atomic E-state index is -0.401. The van der Waals surface area contributed by atoms with Crippen LogP contribution in [0.25, 0.3) is 5.65 Å². The number of methoxy groups -OCH3 is 1. The average molecular weight is 260 g/mol. The van der Waals surface area contributed by atoms with Gasteiger partial charge in [-0.3, -0.25) is 4.90 Å². The fourth-order valence-electron chi connectivity index (χ4n) is 2.56. The van der Waals surface area contributed by atoms with Crippen LogP contribution in [0.1, 0.15) is 35.2 Å². The van der Waals surface area contributed by atoms with Gasteiger partial charge >= 0.3 is 5.97 Å². The molecule has 0 amide bonds. The number of carbonyl (C=O) groups is 1. The average Bonchev–Trinajstić information content (AvgIpc) is 3.02. The number of fused-ring (bicyclic) bond motifs is 1. The molecule has 0 aromatic carbocycles. The van der Waals surface area contributed by atoms with Crippen molar-refractivity contribution in [2.75, 3.05) is 20.7 Å². The third kappa shape index (κ3) is 1.98. The lowest BCUT2D eigenvalue weighted by molar-refractivity contribution is 0.0590. The van der Waals surface area contributed by atoms with E-state index < -0.39 is 5.97 Å². The summed E-state index contributed by atoms with van der Waals surface area (Å²) >= 11 is 0. The lowest BCUT2D eigenvalue weighted by Crippen LogP contribution is -2.18. The van der Waals surface area contributed by atoms with Crippen LogP contribution in [0.15, 0.2) is 18.2 Å². The maximum Gasteiger partial charge on any atom is 0.356 e. The van der Waals surface area contributed by atoms with Gasteiger partial charge in [0.2, 0.25) is 0 Å². The largest absolute Gasteiger partial charge is 0.464 e. The first-order valence-electron chi connectivity index (χ1n) is 6.35. The van der Waals surface area contributed by atoms with Crippen LogP contribution in [0.3, 0.4) is 0 Å². The van der Waals surface area contributed by atoms with Crippen LogP contribution in [0, 0.1) is 0 Å². The van der Waals surface area contributed by atoms with Crippen molar-refractivity contribution in [3.8, 4) is 0 Å². The van der Waals surface area contributed by atoms with Gasteiger partial charge in [-0.15, -0.1) is 5.10 Å². The molecule has 100 valence electrons. The number of aromatic nitrogens is 3. The van der Waals surface area contributed by atoms with Gasteiger partial charge in [-0.2, -0.15) is 0 Å². The van der Waals surface area contributed by atoms with Gasteiger partial charge in [0, 0.05) is 0 Å². The highest BCUT2D eigenvalue weighted by Gasteiger charge is 2.27. The molecule has 0 N–H and O–H groups in total. The first kappa shape index (κ1) is 12.1. The third-order valence-electron chi connectivity index (χ3n) is 3.59. The molecule has 1 atom stereocenters. The smallest absolute Gasteiger partial charge is 0.356 e. The van der Waals surface area contributed by atoms with Gasteiger partial charge in [0.15, 0.2) is 17.2 Å². The Bertz CT molecular complexity index is 622. The van der Waals surface area contributed by atoms with E-state index >= 15 is 0 Å². The third-order valence-corrected chi connectivity index (χ3v) is 3.59. The number of carbonyl (C=O) groups excluding carboxylic acids is 1. The van der Waals surface area contributed by atoms with E-state index in [0.29, 0.717) is 11.3 Å². The minimum Gasteiger partial charge on any atom is -0.464 e. The summed E-state index contributed by atoms with van der Waals surface area (Å²) in [6.07, 6.45) is 2.21. The summed E-state index contributed by atoms with van der Waals surface area (Å²) in [5, 5.41) is 4.48. The van der Waals surface area contributed by atoms with E-state index in [1.807, 2.05) is 6.07 Å². The summed E-state index contributed by atoms with van der Waals surface area (Å²) in [6.45, 7) is 1.06. The molecule has 3 rings (SSSR count). The number of pyridine rings is 1. The second-order valence-electron chi connectivity index (χ2n) is 4.78. The lowest BCUT2D eigenvalue weighted by atomic mass is 10.2. The van der Waals surface area contributed by atoms with Crippen LogP contribution < -0.4 is 0 Å². The van der Waals surface area contributed by atoms with Crippen molar-refractivity contribution in [2.45, 2.75) is 18.9 Å². The van der Waals surface area contributed by atoms with Crippen LogP contribution >= 0.6 is 0 Å². The zero-order valence-electron chi connectivity index (χ0n) is 11.0. The number of hydrogen-bond acceptors (Lipinski definition) is 5. The molecule has 2 aromatic rings. The topological polar surface area (TPSA) is 59.7 Å². The highest BCUT2D eigenvalue weighted by atomic mass is 16.5.